The molecule has 182 valence electrons. The van der Waals surface area contributed by atoms with Gasteiger partial charge in [0.15, 0.2) is 0 Å². The molecule has 0 saturated carbocycles. The summed E-state index contributed by atoms with van der Waals surface area (Å²) < 4.78 is 26.6. The standard InChI is InChI=1S/C22H30N4O4S2.ClH/c1-5-26(6-2)32(29,30)16-9-7-15(8-10-16)21(28)24-22-19(20(23)27)17-11-12-25(14(3)4)13-18(17)31-22;/h7-10,14H,5-6,11-13H2,1-4H3,(H2,23,27)(H,24,28);1H. The van der Waals surface area contributed by atoms with Crippen molar-refractivity contribution in [1.29, 1.82) is 0 Å². The predicted molar refractivity (Wildman–Crippen MR) is 134 cm³/mol. The van der Waals surface area contributed by atoms with Crippen LogP contribution < -0.4 is 11.1 Å². The van der Waals surface area contributed by atoms with E-state index in [0.717, 1.165) is 17.0 Å². The highest BCUT2D eigenvalue weighted by Crippen LogP contribution is 2.37. The number of anilines is 1. The first-order valence-electron chi connectivity index (χ1n) is 10.7. The Hall–Kier alpha value is -1.98. The van der Waals surface area contributed by atoms with E-state index < -0.39 is 21.8 Å². The molecule has 0 unspecified atom stereocenters. The molecule has 0 spiro atoms. The van der Waals surface area contributed by atoms with Crippen molar-refractivity contribution in [1.82, 2.24) is 9.21 Å². The van der Waals surface area contributed by atoms with E-state index in [4.69, 9.17) is 5.73 Å². The summed E-state index contributed by atoms with van der Waals surface area (Å²) in [6.07, 6.45) is 0.704. The average Bonchev–Trinajstić information content (AvgIpc) is 3.11. The highest BCUT2D eigenvalue weighted by Gasteiger charge is 2.29. The number of benzene rings is 1. The van der Waals surface area contributed by atoms with Crippen molar-refractivity contribution < 1.29 is 18.0 Å². The van der Waals surface area contributed by atoms with E-state index in [-0.39, 0.29) is 17.3 Å². The number of rotatable bonds is 8. The number of hydrogen-bond acceptors (Lipinski definition) is 6. The lowest BCUT2D eigenvalue weighted by atomic mass is 10.0. The number of halogens is 1. The van der Waals surface area contributed by atoms with Crippen LogP contribution in [0.3, 0.4) is 0 Å². The number of fused-ring (bicyclic) bond motifs is 1. The molecule has 1 aliphatic rings. The first-order chi connectivity index (χ1) is 15.1. The smallest absolute Gasteiger partial charge is 0.256 e. The van der Waals surface area contributed by atoms with Crippen LogP contribution in [-0.2, 0) is 23.0 Å². The summed E-state index contributed by atoms with van der Waals surface area (Å²) >= 11 is 1.37. The Kier molecular flexibility index (Phi) is 9.06. The zero-order valence-corrected chi connectivity index (χ0v) is 21.7. The Bertz CT molecular complexity index is 1110. The third-order valence-corrected chi connectivity index (χ3v) is 8.95. The van der Waals surface area contributed by atoms with Gasteiger partial charge in [0.1, 0.15) is 5.00 Å². The summed E-state index contributed by atoms with van der Waals surface area (Å²) in [4.78, 5) is 28.5. The highest BCUT2D eigenvalue weighted by atomic mass is 35.5. The second-order valence-electron chi connectivity index (χ2n) is 7.95. The van der Waals surface area contributed by atoms with Crippen LogP contribution in [0.2, 0.25) is 0 Å². The summed E-state index contributed by atoms with van der Waals surface area (Å²) in [5.74, 6) is -0.977. The molecule has 0 radical (unpaired) electrons. The normalized spacial score (nSPS) is 14.1. The summed E-state index contributed by atoms with van der Waals surface area (Å²) in [6.45, 7) is 10.1. The molecule has 1 aromatic carbocycles. The van der Waals surface area contributed by atoms with E-state index in [1.165, 1.54) is 39.9 Å². The number of amides is 2. The van der Waals surface area contributed by atoms with E-state index in [0.29, 0.717) is 48.2 Å². The summed E-state index contributed by atoms with van der Waals surface area (Å²) in [7, 11) is -3.60. The van der Waals surface area contributed by atoms with Gasteiger partial charge in [-0.2, -0.15) is 4.31 Å². The molecule has 1 aromatic heterocycles. The first-order valence-corrected chi connectivity index (χ1v) is 13.0. The second kappa shape index (κ2) is 11.0. The number of nitrogens with zero attached hydrogens (tertiary/aromatic N) is 2. The number of carbonyl (C=O) groups is 2. The SMILES string of the molecule is CCN(CC)S(=O)(=O)c1ccc(C(=O)Nc2sc3c(c2C(N)=O)CCN(C(C)C)C3)cc1.Cl. The largest absolute Gasteiger partial charge is 0.365 e. The minimum atomic E-state index is -3.60. The topological polar surface area (TPSA) is 113 Å². The molecule has 0 saturated heterocycles. The molecule has 0 fully saturated rings. The molecule has 33 heavy (non-hydrogen) atoms. The lowest BCUT2D eigenvalue weighted by Gasteiger charge is -2.30. The van der Waals surface area contributed by atoms with Crippen LogP contribution in [0.1, 0.15) is 58.9 Å². The Balaban J connectivity index is 0.00000385. The number of nitrogens with one attached hydrogen (secondary N) is 1. The van der Waals surface area contributed by atoms with E-state index in [1.54, 1.807) is 13.8 Å². The van der Waals surface area contributed by atoms with Gasteiger partial charge in [-0.15, -0.1) is 23.7 Å². The van der Waals surface area contributed by atoms with Crippen LogP contribution in [0.25, 0.3) is 0 Å². The van der Waals surface area contributed by atoms with Crippen molar-refractivity contribution in [3.05, 3.63) is 45.8 Å². The molecule has 3 N–H and O–H groups in total. The molecule has 2 amide bonds. The molecule has 11 heteroatoms. The average molecular weight is 515 g/mol. The van der Waals surface area contributed by atoms with Gasteiger partial charge in [-0.3, -0.25) is 14.5 Å². The maximum absolute atomic E-state index is 12.9. The Morgan fingerprint density at radius 1 is 1.18 bits per heavy atom. The maximum atomic E-state index is 12.9. The zero-order valence-electron chi connectivity index (χ0n) is 19.3. The van der Waals surface area contributed by atoms with Gasteiger partial charge in [0.25, 0.3) is 11.8 Å². The summed E-state index contributed by atoms with van der Waals surface area (Å²) in [6, 6.07) is 6.19. The highest BCUT2D eigenvalue weighted by molar-refractivity contribution is 7.89. The third kappa shape index (κ3) is 5.58. The van der Waals surface area contributed by atoms with Crippen molar-refractivity contribution in [2.45, 2.75) is 51.6 Å². The molecule has 8 nitrogen and oxygen atoms in total. The van der Waals surface area contributed by atoms with Crippen LogP contribution in [0, 0.1) is 0 Å². The van der Waals surface area contributed by atoms with Crippen LogP contribution in [0.4, 0.5) is 5.00 Å². The quantitative estimate of drug-likeness (QED) is 0.561. The number of primary amides is 1. The monoisotopic (exact) mass is 514 g/mol. The van der Waals surface area contributed by atoms with E-state index in [2.05, 4.69) is 24.1 Å². The molecule has 2 aromatic rings. The van der Waals surface area contributed by atoms with Gasteiger partial charge in [0, 0.05) is 42.7 Å². The maximum Gasteiger partial charge on any atom is 0.256 e. The van der Waals surface area contributed by atoms with Crippen LogP contribution in [0.15, 0.2) is 29.2 Å². The molecule has 0 atom stereocenters. The molecule has 1 aliphatic heterocycles. The summed E-state index contributed by atoms with van der Waals surface area (Å²) in [5, 5.41) is 3.26. The zero-order chi connectivity index (χ0) is 23.6. The van der Waals surface area contributed by atoms with Gasteiger partial charge >= 0.3 is 0 Å². The van der Waals surface area contributed by atoms with Crippen molar-refractivity contribution in [2.75, 3.05) is 25.0 Å². The van der Waals surface area contributed by atoms with Crippen molar-refractivity contribution in [3.8, 4) is 0 Å². The first kappa shape index (κ1) is 27.3. The number of hydrogen-bond donors (Lipinski definition) is 2. The van der Waals surface area contributed by atoms with Crippen LogP contribution in [0.5, 0.6) is 0 Å². The van der Waals surface area contributed by atoms with Crippen molar-refractivity contribution in [2.24, 2.45) is 5.73 Å². The van der Waals surface area contributed by atoms with Gasteiger partial charge in [0.2, 0.25) is 10.0 Å². The Morgan fingerprint density at radius 3 is 2.30 bits per heavy atom. The van der Waals surface area contributed by atoms with Gasteiger partial charge in [-0.25, -0.2) is 8.42 Å². The van der Waals surface area contributed by atoms with Gasteiger partial charge in [-0.1, -0.05) is 13.8 Å². The molecular formula is C22H31ClN4O4S2. The van der Waals surface area contributed by atoms with E-state index in [1.807, 2.05) is 0 Å². The van der Waals surface area contributed by atoms with Gasteiger partial charge in [0.05, 0.1) is 10.5 Å². The van der Waals surface area contributed by atoms with Gasteiger partial charge < -0.3 is 11.1 Å². The number of carbonyl (C=O) groups excluding carboxylic acids is 2. The molecular weight excluding hydrogens is 484 g/mol. The molecule has 3 rings (SSSR count). The van der Waals surface area contributed by atoms with Crippen LogP contribution >= 0.6 is 23.7 Å². The number of thiophene rings is 1. The Morgan fingerprint density at radius 2 is 1.79 bits per heavy atom. The lowest BCUT2D eigenvalue weighted by molar-refractivity contribution is 0.0999. The van der Waals surface area contributed by atoms with Crippen molar-refractivity contribution >= 4 is 50.6 Å². The number of sulfonamides is 1. The Labute approximate surface area is 205 Å². The van der Waals surface area contributed by atoms with Gasteiger partial charge in [-0.05, 0) is 50.1 Å². The molecule has 0 bridgehead atoms. The molecule has 2 heterocycles. The van der Waals surface area contributed by atoms with Crippen molar-refractivity contribution in [3.63, 3.8) is 0 Å². The fourth-order valence-electron chi connectivity index (χ4n) is 3.88. The minimum Gasteiger partial charge on any atom is -0.365 e. The second-order valence-corrected chi connectivity index (χ2v) is 11.0. The van der Waals surface area contributed by atoms with E-state index >= 15 is 0 Å². The third-order valence-electron chi connectivity index (χ3n) is 5.75. The predicted octanol–water partition coefficient (Wildman–Crippen LogP) is 3.32. The van der Waals surface area contributed by atoms with E-state index in [9.17, 15) is 18.0 Å². The summed E-state index contributed by atoms with van der Waals surface area (Å²) in [5.41, 5.74) is 7.24. The molecule has 0 aliphatic carbocycles. The fourth-order valence-corrected chi connectivity index (χ4v) is 6.61. The number of nitrogens with two attached hydrogens (primary N) is 1. The fraction of sp³-hybridized carbons (Fsp3) is 0.455. The minimum absolute atomic E-state index is 0. The lowest BCUT2D eigenvalue weighted by Crippen LogP contribution is -2.35. The van der Waals surface area contributed by atoms with Crippen LogP contribution in [-0.4, -0.2) is 55.1 Å².